The number of benzene rings is 2. The molecular formula is C20H24Cl2HfSi. The molecule has 0 amide bonds. The molecule has 24 heavy (non-hydrogen) atoms. The summed E-state index contributed by atoms with van der Waals surface area (Å²) < 4.78 is 7.69. The molecule has 0 nitrogen and oxygen atoms in total. The maximum atomic E-state index is 2.65. The van der Waals surface area contributed by atoms with Crippen LogP contribution in [-0.4, -0.2) is 6.94 Å². The molecule has 0 bridgehead atoms. The second-order valence-corrected chi connectivity index (χ2v) is 50.1. The summed E-state index contributed by atoms with van der Waals surface area (Å²) in [6.45, 7) is 2.38. The molecule has 2 aliphatic carbocycles. The van der Waals surface area contributed by atoms with Crippen LogP contribution >= 0.6 is 24.8 Å². The molecule has 4 heteroatoms. The molecule has 0 atom stereocenters. The zero-order valence-corrected chi connectivity index (χ0v) is 20.8. The van der Waals surface area contributed by atoms with Crippen molar-refractivity contribution >= 4 is 31.8 Å². The van der Waals surface area contributed by atoms with Crippen LogP contribution in [0.5, 0.6) is 0 Å². The second kappa shape index (κ2) is 6.72. The van der Waals surface area contributed by atoms with Crippen LogP contribution in [0.3, 0.4) is 0 Å². The molecule has 2 aromatic rings. The SMILES string of the molecule is Cl.Cl.[CH3][Hf]([CH3])(=[SiH2])([C]1=CC=CC1)[CH]1c2ccccc2-c2ccccc21. The van der Waals surface area contributed by atoms with Gasteiger partial charge in [-0.1, -0.05) is 0 Å². The van der Waals surface area contributed by atoms with Gasteiger partial charge in [0.15, 0.2) is 0 Å². The van der Waals surface area contributed by atoms with Crippen LogP contribution in [0.25, 0.3) is 11.1 Å². The predicted octanol–water partition coefficient (Wildman–Crippen LogP) is 5.78. The van der Waals surface area contributed by atoms with E-state index in [0.29, 0.717) is 3.67 Å². The molecule has 0 spiro atoms. The van der Waals surface area contributed by atoms with Gasteiger partial charge in [0.2, 0.25) is 0 Å². The summed E-state index contributed by atoms with van der Waals surface area (Å²) in [4.78, 5) is 0. The van der Waals surface area contributed by atoms with Gasteiger partial charge in [0.05, 0.1) is 0 Å². The normalized spacial score (nSPS) is 15.9. The molecule has 2 aliphatic rings. The Hall–Kier alpha value is -0.413. The van der Waals surface area contributed by atoms with Gasteiger partial charge in [-0.2, -0.15) is 0 Å². The minimum absolute atomic E-state index is 0. The third-order valence-electron chi connectivity index (χ3n) is 5.59. The van der Waals surface area contributed by atoms with Crippen molar-refractivity contribution in [3.63, 3.8) is 0 Å². The van der Waals surface area contributed by atoms with E-state index in [0.717, 1.165) is 0 Å². The van der Waals surface area contributed by atoms with Gasteiger partial charge in [-0.25, -0.2) is 0 Å². The van der Waals surface area contributed by atoms with Crippen molar-refractivity contribution in [3.05, 3.63) is 81.2 Å². The Morgan fingerprint density at radius 2 is 1.38 bits per heavy atom. The van der Waals surface area contributed by atoms with Crippen molar-refractivity contribution in [3.8, 4) is 11.1 Å². The molecule has 0 aromatic heterocycles. The van der Waals surface area contributed by atoms with E-state index < -0.39 is 17.1 Å². The molecule has 0 saturated heterocycles. The Balaban J connectivity index is 0.00000104. The number of hydrogen-bond donors (Lipinski definition) is 0. The van der Waals surface area contributed by atoms with Crippen molar-refractivity contribution in [2.24, 2.45) is 0 Å². The van der Waals surface area contributed by atoms with E-state index in [1.54, 1.807) is 14.5 Å². The van der Waals surface area contributed by atoms with Crippen molar-refractivity contribution in [1.82, 2.24) is 0 Å². The van der Waals surface area contributed by atoms with Crippen LogP contribution in [0.15, 0.2) is 70.1 Å². The summed E-state index contributed by atoms with van der Waals surface area (Å²) in [5, 5.41) is 0. The van der Waals surface area contributed by atoms with Crippen LogP contribution in [-0.2, 0) is 17.1 Å². The van der Waals surface area contributed by atoms with Gasteiger partial charge >= 0.3 is 136 Å². The number of rotatable bonds is 2. The van der Waals surface area contributed by atoms with E-state index in [-0.39, 0.29) is 24.8 Å². The molecule has 0 unspecified atom stereocenters. The fourth-order valence-corrected chi connectivity index (χ4v) is 25.6. The van der Waals surface area contributed by atoms with Crippen LogP contribution < -0.4 is 0 Å². The molecule has 0 aliphatic heterocycles. The van der Waals surface area contributed by atoms with Gasteiger partial charge < -0.3 is 0 Å². The molecule has 4 rings (SSSR count). The average Bonchev–Trinajstić information content (AvgIpc) is 3.14. The van der Waals surface area contributed by atoms with Crippen LogP contribution in [0.2, 0.25) is 9.36 Å². The van der Waals surface area contributed by atoms with Crippen molar-refractivity contribution < 1.29 is 17.1 Å². The van der Waals surface area contributed by atoms with E-state index in [4.69, 9.17) is 0 Å². The Morgan fingerprint density at radius 1 is 0.875 bits per heavy atom. The number of fused-ring (bicyclic) bond motifs is 3. The monoisotopic (exact) mass is 542 g/mol. The van der Waals surface area contributed by atoms with Crippen molar-refractivity contribution in [1.29, 1.82) is 0 Å². The number of halogens is 2. The van der Waals surface area contributed by atoms with Crippen LogP contribution in [0, 0.1) is 0 Å². The van der Waals surface area contributed by atoms with E-state index in [1.165, 1.54) is 17.5 Å². The third kappa shape index (κ3) is 2.86. The summed E-state index contributed by atoms with van der Waals surface area (Å²) in [7, 11) is 0. The van der Waals surface area contributed by atoms with E-state index >= 15 is 0 Å². The summed E-state index contributed by atoms with van der Waals surface area (Å²) in [5.41, 5.74) is 6.08. The van der Waals surface area contributed by atoms with E-state index in [2.05, 4.69) is 83.1 Å². The summed E-state index contributed by atoms with van der Waals surface area (Å²) >= 11 is -3.17. The van der Waals surface area contributed by atoms with Gasteiger partial charge in [0, 0.05) is 0 Å². The zero-order valence-electron chi connectivity index (χ0n) is 14.2. The van der Waals surface area contributed by atoms with Crippen molar-refractivity contribution in [2.45, 2.75) is 19.5 Å². The summed E-state index contributed by atoms with van der Waals surface area (Å²) in [6, 6.07) is 18.2. The number of hydrogen-bond acceptors (Lipinski definition) is 0. The van der Waals surface area contributed by atoms with Gasteiger partial charge in [-0.05, 0) is 0 Å². The summed E-state index contributed by atoms with van der Waals surface area (Å²) in [6.07, 6.45) is 8.19. The molecule has 0 radical (unpaired) electrons. The maximum absolute atomic E-state index is 3.17. The molecular weight excluding hydrogens is 518 g/mol. The molecule has 0 fully saturated rings. The first-order chi connectivity index (χ1) is 10.5. The van der Waals surface area contributed by atoms with Gasteiger partial charge in [-0.15, -0.1) is 24.8 Å². The quantitative estimate of drug-likeness (QED) is 0.423. The predicted molar refractivity (Wildman–Crippen MR) is 110 cm³/mol. The molecule has 2 aromatic carbocycles. The van der Waals surface area contributed by atoms with E-state index in [1.807, 2.05) is 0 Å². The first-order valence-corrected chi connectivity index (χ1v) is 27.5. The Bertz CT molecular complexity index is 860. The molecule has 0 N–H and O–H groups in total. The van der Waals surface area contributed by atoms with Gasteiger partial charge in [-0.3, -0.25) is 0 Å². The van der Waals surface area contributed by atoms with Gasteiger partial charge in [0.25, 0.3) is 0 Å². The van der Waals surface area contributed by atoms with Gasteiger partial charge in [0.1, 0.15) is 0 Å². The fraction of sp³-hybridized carbons (Fsp3) is 0.200. The second-order valence-electron chi connectivity index (χ2n) is 7.74. The Morgan fingerprint density at radius 3 is 1.83 bits per heavy atom. The zero-order chi connectivity index (χ0) is 15.4. The first-order valence-electron chi connectivity index (χ1n) is 8.09. The fourth-order valence-electron chi connectivity index (χ4n) is 4.39. The minimum atomic E-state index is -3.17. The molecule has 0 heterocycles. The molecule has 0 saturated carbocycles. The Kier molecular flexibility index (Phi) is 5.57. The van der Waals surface area contributed by atoms with Crippen molar-refractivity contribution in [2.75, 3.05) is 0 Å². The van der Waals surface area contributed by atoms with Crippen LogP contribution in [0.4, 0.5) is 0 Å². The van der Waals surface area contributed by atoms with Crippen LogP contribution in [0.1, 0.15) is 21.2 Å². The molecule has 126 valence electrons. The average molecular weight is 542 g/mol. The third-order valence-corrected chi connectivity index (χ3v) is 30.4. The summed E-state index contributed by atoms with van der Waals surface area (Å²) in [5.74, 6) is 0. The number of allylic oxidation sites excluding steroid dienone is 4. The van der Waals surface area contributed by atoms with E-state index in [9.17, 15) is 0 Å². The Labute approximate surface area is 159 Å². The topological polar surface area (TPSA) is 0 Å². The first kappa shape index (κ1) is 19.9. The standard InChI is InChI=1S/C13H9.C5H5.2CH3.2ClH.Hf.H2Si/c1-3-7-12-10(5-1)9-11-6-2-4-8-13(11)12;1-2-4-5-3-1;;;;;;/h1-9H;1-3H,4H2;2*1H3;2*1H;;1H2.